The predicted molar refractivity (Wildman–Crippen MR) is 112 cm³/mol. The van der Waals surface area contributed by atoms with Crippen molar-refractivity contribution in [1.82, 2.24) is 19.9 Å². The normalized spacial score (nSPS) is 12.7. The van der Waals surface area contributed by atoms with Gasteiger partial charge in [0.25, 0.3) is 0 Å². The Hall–Kier alpha value is -3.63. The molecule has 4 aromatic rings. The summed E-state index contributed by atoms with van der Waals surface area (Å²) in [5.74, 6) is 0.623. The maximum Gasteiger partial charge on any atom is 0.417 e. The van der Waals surface area contributed by atoms with E-state index in [9.17, 15) is 18.3 Å². The van der Waals surface area contributed by atoms with Crippen molar-refractivity contribution in [3.8, 4) is 11.3 Å². The van der Waals surface area contributed by atoms with Crippen molar-refractivity contribution in [3.63, 3.8) is 0 Å². The first-order valence-electron chi connectivity index (χ1n) is 9.57. The van der Waals surface area contributed by atoms with E-state index in [0.29, 0.717) is 28.0 Å². The molecule has 10 heteroatoms. The molecule has 1 atom stereocenters. The molecule has 0 saturated heterocycles. The molecule has 3 aromatic heterocycles. The maximum atomic E-state index is 12.7. The molecule has 4 rings (SSSR count). The Morgan fingerprint density at radius 2 is 1.81 bits per heavy atom. The summed E-state index contributed by atoms with van der Waals surface area (Å²) in [7, 11) is 0. The smallest absolute Gasteiger partial charge is 0.393 e. The van der Waals surface area contributed by atoms with Gasteiger partial charge in [0.2, 0.25) is 0 Å². The first-order valence-corrected chi connectivity index (χ1v) is 9.57. The number of aliphatic hydroxyl groups is 2. The van der Waals surface area contributed by atoms with Crippen LogP contribution in [-0.4, -0.2) is 36.8 Å². The van der Waals surface area contributed by atoms with Crippen LogP contribution < -0.4 is 5.32 Å². The molecule has 1 aromatic carbocycles. The summed E-state index contributed by atoms with van der Waals surface area (Å²) >= 11 is 0. The highest BCUT2D eigenvalue weighted by Crippen LogP contribution is 2.31. The molecule has 0 spiro atoms. The number of halogens is 3. The Morgan fingerprint density at radius 3 is 2.47 bits per heavy atom. The predicted octanol–water partition coefficient (Wildman–Crippen LogP) is 4.18. The number of benzene rings is 1. The van der Waals surface area contributed by atoms with Crippen LogP contribution in [0.1, 0.15) is 22.8 Å². The number of nitrogens with zero attached hydrogens (tertiary/aromatic N) is 4. The minimum atomic E-state index is -4.45. The number of hydrogen-bond donors (Lipinski definition) is 3. The van der Waals surface area contributed by atoms with Crippen LogP contribution in [0.4, 0.5) is 24.8 Å². The number of aromatic nitrogens is 4. The van der Waals surface area contributed by atoms with E-state index in [4.69, 9.17) is 5.11 Å². The molecule has 0 radical (unpaired) electrons. The topological polar surface area (TPSA) is 104 Å². The molecule has 1 unspecified atom stereocenters. The molecule has 0 bridgehead atoms. The average molecular weight is 441 g/mol. The third-order valence-corrected chi connectivity index (χ3v) is 4.90. The number of anilines is 2. The first kappa shape index (κ1) is 21.6. The zero-order chi connectivity index (χ0) is 22.9. The van der Waals surface area contributed by atoms with Crippen molar-refractivity contribution >= 4 is 22.5 Å². The second kappa shape index (κ2) is 8.48. The Bertz CT molecular complexity index is 1260. The second-order valence-electron chi connectivity index (χ2n) is 7.14. The van der Waals surface area contributed by atoms with Crippen molar-refractivity contribution in [2.45, 2.75) is 19.2 Å². The molecule has 164 valence electrons. The SMILES string of the molecule is Cc1cc(C(O)CO)cnc1-c1ccc2c(Nc3ccc(C(F)(F)F)cn3)ncnc2c1. The highest BCUT2D eigenvalue weighted by atomic mass is 19.4. The van der Waals surface area contributed by atoms with Crippen LogP contribution in [0, 0.1) is 6.92 Å². The van der Waals surface area contributed by atoms with Gasteiger partial charge in [0, 0.05) is 28.9 Å². The minimum absolute atomic E-state index is 0.220. The van der Waals surface area contributed by atoms with Crippen molar-refractivity contribution < 1.29 is 23.4 Å². The maximum absolute atomic E-state index is 12.7. The fourth-order valence-electron chi connectivity index (χ4n) is 3.25. The zero-order valence-electron chi connectivity index (χ0n) is 16.8. The van der Waals surface area contributed by atoms with E-state index >= 15 is 0 Å². The summed E-state index contributed by atoms with van der Waals surface area (Å²) < 4.78 is 38.2. The number of rotatable bonds is 5. The molecule has 0 aliphatic carbocycles. The number of nitrogens with one attached hydrogen (secondary N) is 1. The highest BCUT2D eigenvalue weighted by Gasteiger charge is 2.30. The van der Waals surface area contributed by atoms with Crippen LogP contribution in [0.15, 0.2) is 55.1 Å². The molecule has 0 aliphatic rings. The average Bonchev–Trinajstić information content (AvgIpc) is 2.78. The second-order valence-corrected chi connectivity index (χ2v) is 7.14. The molecule has 3 heterocycles. The number of pyridine rings is 2. The minimum Gasteiger partial charge on any atom is -0.393 e. The number of alkyl halides is 3. The Morgan fingerprint density at radius 1 is 1.00 bits per heavy atom. The molecule has 3 N–H and O–H groups in total. The lowest BCUT2D eigenvalue weighted by molar-refractivity contribution is -0.137. The summed E-state index contributed by atoms with van der Waals surface area (Å²) in [6, 6.07) is 9.38. The fourth-order valence-corrected chi connectivity index (χ4v) is 3.25. The van der Waals surface area contributed by atoms with Gasteiger partial charge in [-0.2, -0.15) is 13.2 Å². The van der Waals surface area contributed by atoms with Crippen molar-refractivity contribution in [2.24, 2.45) is 0 Å². The quantitative estimate of drug-likeness (QED) is 0.427. The van der Waals surface area contributed by atoms with E-state index in [-0.39, 0.29) is 5.82 Å². The van der Waals surface area contributed by atoms with Gasteiger partial charge in [0.15, 0.2) is 0 Å². The monoisotopic (exact) mass is 441 g/mol. The summed E-state index contributed by atoms with van der Waals surface area (Å²) in [5, 5.41) is 22.5. The lowest BCUT2D eigenvalue weighted by Gasteiger charge is -2.12. The third-order valence-electron chi connectivity index (χ3n) is 4.90. The Balaban J connectivity index is 1.64. The molecule has 0 fully saturated rings. The molecule has 7 nitrogen and oxygen atoms in total. The summed E-state index contributed by atoms with van der Waals surface area (Å²) in [6.07, 6.45) is -1.83. The molecule has 32 heavy (non-hydrogen) atoms. The number of aliphatic hydroxyl groups excluding tert-OH is 2. The van der Waals surface area contributed by atoms with Gasteiger partial charge in [-0.15, -0.1) is 0 Å². The summed E-state index contributed by atoms with van der Waals surface area (Å²) in [5.41, 5.74) is 2.59. The van der Waals surface area contributed by atoms with Crippen LogP contribution in [0.5, 0.6) is 0 Å². The van der Waals surface area contributed by atoms with Gasteiger partial charge in [-0.25, -0.2) is 15.0 Å². The molecule has 0 amide bonds. The van der Waals surface area contributed by atoms with Crippen LogP contribution in [-0.2, 0) is 6.18 Å². The van der Waals surface area contributed by atoms with Gasteiger partial charge in [-0.1, -0.05) is 6.07 Å². The van der Waals surface area contributed by atoms with E-state index in [1.165, 1.54) is 18.6 Å². The van der Waals surface area contributed by atoms with E-state index in [1.807, 2.05) is 19.1 Å². The number of hydrogen-bond acceptors (Lipinski definition) is 7. The fraction of sp³-hybridized carbons (Fsp3) is 0.182. The van der Waals surface area contributed by atoms with Crippen LogP contribution in [0.25, 0.3) is 22.2 Å². The largest absolute Gasteiger partial charge is 0.417 e. The van der Waals surface area contributed by atoms with Crippen LogP contribution >= 0.6 is 0 Å². The summed E-state index contributed by atoms with van der Waals surface area (Å²) in [4.78, 5) is 16.7. The number of fused-ring (bicyclic) bond motifs is 1. The van der Waals surface area contributed by atoms with Gasteiger partial charge in [-0.3, -0.25) is 4.98 Å². The van der Waals surface area contributed by atoms with Crippen molar-refractivity contribution in [2.75, 3.05) is 11.9 Å². The third kappa shape index (κ3) is 4.36. The van der Waals surface area contributed by atoms with Gasteiger partial charge < -0.3 is 15.5 Å². The van der Waals surface area contributed by atoms with Gasteiger partial charge in [0.05, 0.1) is 23.4 Å². The van der Waals surface area contributed by atoms with Gasteiger partial charge in [-0.05, 0) is 42.8 Å². The zero-order valence-corrected chi connectivity index (χ0v) is 16.8. The van der Waals surface area contributed by atoms with Crippen LogP contribution in [0.2, 0.25) is 0 Å². The first-order chi connectivity index (χ1) is 15.3. The molecular weight excluding hydrogens is 423 g/mol. The lowest BCUT2D eigenvalue weighted by Crippen LogP contribution is -2.06. The van der Waals surface area contributed by atoms with E-state index in [1.54, 1.807) is 12.1 Å². The number of aryl methyl sites for hydroxylation is 1. The van der Waals surface area contributed by atoms with Gasteiger partial charge >= 0.3 is 6.18 Å². The van der Waals surface area contributed by atoms with Gasteiger partial charge in [0.1, 0.15) is 24.1 Å². The summed E-state index contributed by atoms with van der Waals surface area (Å²) in [6.45, 7) is 1.46. The van der Waals surface area contributed by atoms with E-state index < -0.39 is 24.5 Å². The van der Waals surface area contributed by atoms with E-state index in [2.05, 4.69) is 25.3 Å². The Kier molecular flexibility index (Phi) is 5.72. The van der Waals surface area contributed by atoms with E-state index in [0.717, 1.165) is 23.4 Å². The van der Waals surface area contributed by atoms with Crippen LogP contribution in [0.3, 0.4) is 0 Å². The van der Waals surface area contributed by atoms with Crippen molar-refractivity contribution in [3.05, 3.63) is 71.8 Å². The molecule has 0 saturated carbocycles. The Labute approximate surface area is 180 Å². The highest BCUT2D eigenvalue weighted by molar-refractivity contribution is 5.93. The molecular formula is C22H18F3N5O2. The lowest BCUT2D eigenvalue weighted by atomic mass is 10.0. The van der Waals surface area contributed by atoms with Crippen molar-refractivity contribution in [1.29, 1.82) is 0 Å². The standard InChI is InChI=1S/C22H18F3N5O2/c1-12-6-14(18(32)10-31)8-27-20(12)13-2-4-16-17(7-13)28-11-29-21(16)30-19-5-3-15(9-26-19)22(23,24)25/h2-9,11,18,31-32H,10H2,1H3,(H,26,28,29,30). The molecule has 0 aliphatic heterocycles.